The number of nitrogens with one attached hydrogen (secondary N) is 1. The van der Waals surface area contributed by atoms with Gasteiger partial charge in [0.15, 0.2) is 17.4 Å². The van der Waals surface area contributed by atoms with Crippen LogP contribution in [0, 0.1) is 29.9 Å². The molecule has 114 valence electrons. The molecule has 1 aromatic rings. The Hall–Kier alpha value is -2.09. The summed E-state index contributed by atoms with van der Waals surface area (Å²) in [5.41, 5.74) is -0.602. The lowest BCUT2D eigenvalue weighted by Gasteiger charge is -2.30. The molecule has 1 N–H and O–H groups in total. The van der Waals surface area contributed by atoms with Gasteiger partial charge in [-0.2, -0.15) is 0 Å². The highest BCUT2D eigenvalue weighted by molar-refractivity contribution is 5.94. The summed E-state index contributed by atoms with van der Waals surface area (Å²) in [7, 11) is 0. The first-order chi connectivity index (χ1) is 9.69. The minimum atomic E-state index is -0.960. The fraction of sp³-hybridized carbons (Fsp3) is 0.438. The van der Waals surface area contributed by atoms with E-state index in [1.54, 1.807) is 0 Å². The zero-order valence-electron chi connectivity index (χ0n) is 12.6. The molecule has 1 aromatic carbocycles. The van der Waals surface area contributed by atoms with Crippen LogP contribution >= 0.6 is 0 Å². The Labute approximate surface area is 123 Å². The first-order valence-electron chi connectivity index (χ1n) is 6.57. The van der Waals surface area contributed by atoms with Gasteiger partial charge in [-0.1, -0.05) is 19.8 Å². The molecule has 0 fully saturated rings. The Morgan fingerprint density at radius 1 is 1.38 bits per heavy atom. The van der Waals surface area contributed by atoms with E-state index in [2.05, 4.69) is 11.2 Å². The molecular weight excluding hydrogens is 276 g/mol. The van der Waals surface area contributed by atoms with Crippen LogP contribution < -0.4 is 10.1 Å². The molecule has 0 atom stereocenters. The van der Waals surface area contributed by atoms with Crippen LogP contribution in [0.3, 0.4) is 0 Å². The number of carbonyl (C=O) groups excluding carboxylic acids is 1. The highest BCUT2D eigenvalue weighted by Crippen LogP contribution is 2.24. The second kappa shape index (κ2) is 6.57. The monoisotopic (exact) mass is 295 g/mol. The number of rotatable bonds is 5. The largest absolute Gasteiger partial charge is 0.475 e. The van der Waals surface area contributed by atoms with Crippen molar-refractivity contribution in [3.63, 3.8) is 0 Å². The third-order valence-corrected chi connectivity index (χ3v) is 3.44. The molecule has 0 aromatic heterocycles. The van der Waals surface area contributed by atoms with Crippen molar-refractivity contribution < 1.29 is 18.3 Å². The van der Waals surface area contributed by atoms with Crippen molar-refractivity contribution in [1.29, 1.82) is 0 Å². The van der Waals surface area contributed by atoms with E-state index < -0.39 is 28.8 Å². The molecule has 0 bridgehead atoms. The normalized spacial score (nSPS) is 11.1. The number of benzene rings is 1. The van der Waals surface area contributed by atoms with Gasteiger partial charge in [0.1, 0.15) is 6.61 Å². The summed E-state index contributed by atoms with van der Waals surface area (Å²) in [6.07, 6.45) is 4.97. The van der Waals surface area contributed by atoms with Crippen LogP contribution in [-0.2, 0) is 0 Å². The van der Waals surface area contributed by atoms with Crippen LogP contribution in [0.5, 0.6) is 5.75 Å². The van der Waals surface area contributed by atoms with E-state index >= 15 is 0 Å². The quantitative estimate of drug-likeness (QED) is 0.848. The summed E-state index contributed by atoms with van der Waals surface area (Å²) in [6.45, 7) is 7.32. The van der Waals surface area contributed by atoms with E-state index in [4.69, 9.17) is 11.2 Å². The topological polar surface area (TPSA) is 38.3 Å². The molecule has 5 heteroatoms. The van der Waals surface area contributed by atoms with Crippen LogP contribution in [-0.4, -0.2) is 18.1 Å². The Kier molecular flexibility index (Phi) is 5.31. The van der Waals surface area contributed by atoms with Crippen molar-refractivity contribution in [3.8, 4) is 18.1 Å². The lowest BCUT2D eigenvalue weighted by molar-refractivity contribution is 0.0889. The van der Waals surface area contributed by atoms with Crippen LogP contribution in [0.2, 0.25) is 0 Å². The lowest BCUT2D eigenvalue weighted by atomic mass is 9.90. The molecule has 0 aliphatic rings. The van der Waals surface area contributed by atoms with Crippen molar-refractivity contribution in [3.05, 3.63) is 29.3 Å². The molecule has 0 aliphatic carbocycles. The second-order valence-electron chi connectivity index (χ2n) is 5.59. The van der Waals surface area contributed by atoms with Gasteiger partial charge in [-0.3, -0.25) is 4.79 Å². The fourth-order valence-corrected chi connectivity index (χ4v) is 1.45. The summed E-state index contributed by atoms with van der Waals surface area (Å²) in [6, 6.07) is 1.86. The highest BCUT2D eigenvalue weighted by atomic mass is 19.1. The number of carbonyl (C=O) groups is 1. The number of amides is 1. The Bertz CT molecular complexity index is 551. The van der Waals surface area contributed by atoms with Crippen molar-refractivity contribution in [2.75, 3.05) is 6.61 Å². The van der Waals surface area contributed by atoms with Gasteiger partial charge >= 0.3 is 0 Å². The minimum absolute atomic E-state index is 0.105. The Balaban J connectivity index is 3.00. The van der Waals surface area contributed by atoms with Crippen LogP contribution in [0.1, 0.15) is 38.1 Å². The smallest absolute Gasteiger partial charge is 0.251 e. The van der Waals surface area contributed by atoms with Gasteiger partial charge in [-0.15, -0.1) is 6.42 Å². The highest BCUT2D eigenvalue weighted by Gasteiger charge is 2.26. The van der Waals surface area contributed by atoms with E-state index in [-0.39, 0.29) is 18.1 Å². The predicted molar refractivity (Wildman–Crippen MR) is 77.1 cm³/mol. The van der Waals surface area contributed by atoms with Crippen LogP contribution in [0.25, 0.3) is 0 Å². The molecule has 0 saturated carbocycles. The molecule has 0 radical (unpaired) electrons. The molecule has 1 rings (SSSR count). The van der Waals surface area contributed by atoms with Gasteiger partial charge < -0.3 is 10.1 Å². The lowest BCUT2D eigenvalue weighted by Crippen LogP contribution is -2.47. The van der Waals surface area contributed by atoms with Crippen molar-refractivity contribution in [2.24, 2.45) is 5.92 Å². The van der Waals surface area contributed by atoms with Gasteiger partial charge in [0.05, 0.1) is 0 Å². The minimum Gasteiger partial charge on any atom is -0.475 e. The third kappa shape index (κ3) is 4.19. The zero-order chi connectivity index (χ0) is 16.2. The average molecular weight is 295 g/mol. The number of hydrogen-bond acceptors (Lipinski definition) is 2. The Morgan fingerprint density at radius 3 is 2.33 bits per heavy atom. The Morgan fingerprint density at radius 2 is 1.90 bits per heavy atom. The number of ether oxygens (including phenoxy) is 1. The van der Waals surface area contributed by atoms with E-state index in [0.717, 1.165) is 12.1 Å². The molecule has 0 aliphatic heterocycles. The number of halogens is 2. The van der Waals surface area contributed by atoms with E-state index in [1.165, 1.54) is 0 Å². The van der Waals surface area contributed by atoms with E-state index in [9.17, 15) is 13.6 Å². The summed E-state index contributed by atoms with van der Waals surface area (Å²) in [5.74, 6) is -0.765. The number of terminal acetylenes is 1. The average Bonchev–Trinajstić information content (AvgIpc) is 2.36. The predicted octanol–water partition coefficient (Wildman–Crippen LogP) is 3.14. The molecule has 21 heavy (non-hydrogen) atoms. The standard InChI is InChI=1S/C16H19F2NO2/c1-6-7-21-14-12(17)8-11(9-13(14)18)15(20)19-16(4,5)10(2)3/h1,8-10H,7H2,2-5H3,(H,19,20). The maximum absolute atomic E-state index is 13.8. The SMILES string of the molecule is C#CCOc1c(F)cc(C(=O)NC(C)(C)C(C)C)cc1F. The molecule has 0 unspecified atom stereocenters. The number of hydrogen-bond donors (Lipinski definition) is 1. The van der Waals surface area contributed by atoms with Gasteiger partial charge in [0, 0.05) is 11.1 Å². The van der Waals surface area contributed by atoms with Crippen molar-refractivity contribution in [1.82, 2.24) is 5.32 Å². The third-order valence-electron chi connectivity index (χ3n) is 3.44. The molecule has 0 spiro atoms. The van der Waals surface area contributed by atoms with Gasteiger partial charge in [-0.25, -0.2) is 8.78 Å². The van der Waals surface area contributed by atoms with Crippen LogP contribution in [0.15, 0.2) is 12.1 Å². The molecule has 3 nitrogen and oxygen atoms in total. The first kappa shape index (κ1) is 17.0. The van der Waals surface area contributed by atoms with Crippen molar-refractivity contribution in [2.45, 2.75) is 33.2 Å². The maximum atomic E-state index is 13.8. The van der Waals surface area contributed by atoms with Gasteiger partial charge in [-0.05, 0) is 31.9 Å². The molecule has 0 saturated heterocycles. The van der Waals surface area contributed by atoms with Gasteiger partial charge in [0.25, 0.3) is 5.91 Å². The van der Waals surface area contributed by atoms with Crippen molar-refractivity contribution >= 4 is 5.91 Å². The molecular formula is C16H19F2NO2. The maximum Gasteiger partial charge on any atom is 0.251 e. The van der Waals surface area contributed by atoms with Gasteiger partial charge in [0.2, 0.25) is 0 Å². The first-order valence-corrected chi connectivity index (χ1v) is 6.57. The van der Waals surface area contributed by atoms with E-state index in [0.29, 0.717) is 0 Å². The molecule has 1 amide bonds. The second-order valence-corrected chi connectivity index (χ2v) is 5.59. The summed E-state index contributed by atoms with van der Waals surface area (Å²) >= 11 is 0. The molecule has 0 heterocycles. The zero-order valence-corrected chi connectivity index (χ0v) is 12.6. The summed E-state index contributed by atoms with van der Waals surface area (Å²) in [4.78, 5) is 12.1. The van der Waals surface area contributed by atoms with Crippen LogP contribution in [0.4, 0.5) is 8.78 Å². The van der Waals surface area contributed by atoms with E-state index in [1.807, 2.05) is 27.7 Å². The summed E-state index contributed by atoms with van der Waals surface area (Å²) in [5, 5.41) is 2.74. The summed E-state index contributed by atoms with van der Waals surface area (Å²) < 4.78 is 32.3. The fourth-order valence-electron chi connectivity index (χ4n) is 1.45.